The highest BCUT2D eigenvalue weighted by molar-refractivity contribution is 8.00. The van der Waals surface area contributed by atoms with E-state index in [2.05, 4.69) is 19.4 Å². The van der Waals surface area contributed by atoms with Gasteiger partial charge in [-0.05, 0) is 61.2 Å². The summed E-state index contributed by atoms with van der Waals surface area (Å²) in [7, 11) is 0. The molecular formula is C20H19Cl2FN4O3S2. The van der Waals surface area contributed by atoms with Crippen LogP contribution in [0.3, 0.4) is 0 Å². The number of carboxylic acid groups (broad SMARTS) is 1. The van der Waals surface area contributed by atoms with E-state index in [9.17, 15) is 9.18 Å². The lowest BCUT2D eigenvalue weighted by Gasteiger charge is -2.14. The minimum absolute atomic E-state index is 0.0696. The molecule has 1 aromatic heterocycles. The van der Waals surface area contributed by atoms with Crippen LogP contribution < -0.4 is 14.8 Å². The van der Waals surface area contributed by atoms with Gasteiger partial charge in [-0.3, -0.25) is 4.79 Å². The van der Waals surface area contributed by atoms with E-state index in [-0.39, 0.29) is 17.2 Å². The zero-order chi connectivity index (χ0) is 22.9. The summed E-state index contributed by atoms with van der Waals surface area (Å²) in [5.74, 6) is -0.627. The van der Waals surface area contributed by atoms with Crippen LogP contribution in [0.25, 0.3) is 0 Å². The first kappa shape index (κ1) is 24.5. The third kappa shape index (κ3) is 7.49. The van der Waals surface area contributed by atoms with Gasteiger partial charge in [0.05, 0.1) is 16.3 Å². The van der Waals surface area contributed by atoms with Gasteiger partial charge in [0.25, 0.3) is 0 Å². The molecule has 0 aliphatic carbocycles. The number of carboxylic acids is 1. The summed E-state index contributed by atoms with van der Waals surface area (Å²) in [6.45, 7) is 1.05. The minimum Gasteiger partial charge on any atom is -0.481 e. The van der Waals surface area contributed by atoms with Crippen LogP contribution in [-0.2, 0) is 11.2 Å². The van der Waals surface area contributed by atoms with Gasteiger partial charge >= 0.3 is 5.97 Å². The van der Waals surface area contributed by atoms with Crippen LogP contribution in [-0.4, -0.2) is 33.5 Å². The number of aromatic nitrogens is 2. The molecule has 0 aliphatic heterocycles. The van der Waals surface area contributed by atoms with Gasteiger partial charge in [0, 0.05) is 29.2 Å². The zero-order valence-electron chi connectivity index (χ0n) is 16.6. The number of nitrogens with zero attached hydrogens (tertiary/aromatic N) is 2. The Balaban J connectivity index is 1.64. The lowest BCUT2D eigenvalue weighted by Crippen LogP contribution is -2.19. The van der Waals surface area contributed by atoms with Crippen molar-refractivity contribution < 1.29 is 19.0 Å². The molecular weight excluding hydrogens is 498 g/mol. The highest BCUT2D eigenvalue weighted by atomic mass is 35.5. The van der Waals surface area contributed by atoms with Crippen LogP contribution in [0.1, 0.15) is 18.4 Å². The van der Waals surface area contributed by atoms with Crippen molar-refractivity contribution >= 4 is 57.8 Å². The molecule has 3 N–H and O–H groups in total. The highest BCUT2D eigenvalue weighted by Crippen LogP contribution is 2.37. The van der Waals surface area contributed by atoms with Gasteiger partial charge in [-0.15, -0.1) is 0 Å². The molecule has 0 aliphatic rings. The minimum atomic E-state index is -0.840. The standard InChI is InChI=1S/C20H19Cl2FN4O3S2/c21-13-3-4-16(12(8-13)2-1-6-24-7-5-19(28)29)30-17-10-15(23)18(9-14(17)22)31-27-20-25-11-26-32-20/h3-4,8-11,24H,1-2,5-7H2,(H,28,29)(H,25,26,27). The summed E-state index contributed by atoms with van der Waals surface area (Å²) < 4.78 is 27.3. The van der Waals surface area contributed by atoms with E-state index in [0.29, 0.717) is 40.3 Å². The zero-order valence-corrected chi connectivity index (χ0v) is 19.8. The molecule has 7 nitrogen and oxygen atoms in total. The molecule has 0 amide bonds. The molecule has 0 radical (unpaired) electrons. The van der Waals surface area contributed by atoms with Crippen molar-refractivity contribution in [3.8, 4) is 11.5 Å². The average Bonchev–Trinajstić information content (AvgIpc) is 3.27. The number of hydrogen-bond donors (Lipinski definition) is 3. The average molecular weight is 517 g/mol. The number of ether oxygens (including phenoxy) is 1. The van der Waals surface area contributed by atoms with Gasteiger partial charge < -0.3 is 19.9 Å². The number of aryl methyl sites for hydroxylation is 1. The highest BCUT2D eigenvalue weighted by Gasteiger charge is 2.14. The maximum Gasteiger partial charge on any atom is 0.304 e. The van der Waals surface area contributed by atoms with Crippen LogP contribution in [0, 0.1) is 5.82 Å². The fraction of sp³-hybridized carbons (Fsp3) is 0.250. The van der Waals surface area contributed by atoms with Gasteiger partial charge in [-0.2, -0.15) is 4.37 Å². The van der Waals surface area contributed by atoms with E-state index < -0.39 is 11.8 Å². The maximum atomic E-state index is 14.6. The van der Waals surface area contributed by atoms with Crippen molar-refractivity contribution in [2.45, 2.75) is 24.2 Å². The van der Waals surface area contributed by atoms with Crippen LogP contribution in [0.2, 0.25) is 10.0 Å². The smallest absolute Gasteiger partial charge is 0.304 e. The summed E-state index contributed by atoms with van der Waals surface area (Å²) in [5.41, 5.74) is 0.838. The van der Waals surface area contributed by atoms with Crippen LogP contribution in [0.15, 0.2) is 41.6 Å². The molecule has 170 valence electrons. The Labute approximate surface area is 202 Å². The summed E-state index contributed by atoms with van der Waals surface area (Å²) in [6, 6.07) is 7.90. The molecule has 32 heavy (non-hydrogen) atoms. The van der Waals surface area contributed by atoms with E-state index in [1.807, 2.05) is 0 Å². The Hall–Kier alpha value is -2.11. The van der Waals surface area contributed by atoms with Gasteiger partial charge in [0.2, 0.25) is 5.13 Å². The Kier molecular flexibility index (Phi) is 9.36. The normalized spacial score (nSPS) is 10.8. The fourth-order valence-corrected chi connectivity index (χ4v) is 4.28. The molecule has 0 unspecified atom stereocenters. The predicted octanol–water partition coefficient (Wildman–Crippen LogP) is 5.89. The van der Waals surface area contributed by atoms with E-state index in [1.54, 1.807) is 18.2 Å². The monoisotopic (exact) mass is 516 g/mol. The van der Waals surface area contributed by atoms with Crippen molar-refractivity contribution in [2.24, 2.45) is 0 Å². The second-order valence-corrected chi connectivity index (χ2v) is 8.99. The van der Waals surface area contributed by atoms with Crippen molar-refractivity contribution in [2.75, 3.05) is 17.8 Å². The molecule has 12 heteroatoms. The lowest BCUT2D eigenvalue weighted by molar-refractivity contribution is -0.136. The second-order valence-electron chi connectivity index (χ2n) is 6.51. The number of aliphatic carboxylic acids is 1. The summed E-state index contributed by atoms with van der Waals surface area (Å²) in [5, 5.41) is 13.1. The molecule has 0 spiro atoms. The van der Waals surface area contributed by atoms with Gasteiger partial charge in [-0.25, -0.2) is 9.37 Å². The first-order valence-corrected chi connectivity index (χ1v) is 11.8. The molecule has 0 atom stereocenters. The largest absolute Gasteiger partial charge is 0.481 e. The lowest BCUT2D eigenvalue weighted by atomic mass is 10.1. The second kappa shape index (κ2) is 12.2. The van der Waals surface area contributed by atoms with Gasteiger partial charge in [0.15, 0.2) is 0 Å². The molecule has 2 aromatic carbocycles. The van der Waals surface area contributed by atoms with E-state index in [0.717, 1.165) is 35.5 Å². The van der Waals surface area contributed by atoms with Gasteiger partial charge in [-0.1, -0.05) is 23.2 Å². The number of hydrogen-bond acceptors (Lipinski definition) is 8. The Morgan fingerprint density at radius 1 is 1.22 bits per heavy atom. The first-order chi connectivity index (χ1) is 15.4. The summed E-state index contributed by atoms with van der Waals surface area (Å²) in [4.78, 5) is 14.8. The molecule has 0 saturated heterocycles. The maximum absolute atomic E-state index is 14.6. The Morgan fingerprint density at radius 3 is 2.81 bits per heavy atom. The Bertz CT molecular complexity index is 1060. The number of nitrogens with one attached hydrogen (secondary N) is 2. The molecule has 0 bridgehead atoms. The number of benzene rings is 2. The van der Waals surface area contributed by atoms with Crippen molar-refractivity contribution in [3.05, 3.63) is 58.1 Å². The molecule has 3 aromatic rings. The Morgan fingerprint density at radius 2 is 2.06 bits per heavy atom. The first-order valence-electron chi connectivity index (χ1n) is 9.49. The van der Waals surface area contributed by atoms with E-state index in [1.165, 1.54) is 18.5 Å². The van der Waals surface area contributed by atoms with Crippen molar-refractivity contribution in [1.82, 2.24) is 14.7 Å². The van der Waals surface area contributed by atoms with Crippen LogP contribution >= 0.6 is 46.7 Å². The fourth-order valence-electron chi connectivity index (χ4n) is 2.67. The SMILES string of the molecule is O=C(O)CCNCCCc1cc(Cl)ccc1Oc1cc(F)c(SNc2ncns2)cc1Cl. The molecule has 0 saturated carbocycles. The number of anilines is 1. The quantitative estimate of drug-likeness (QED) is 0.202. The molecule has 3 rings (SSSR count). The van der Waals surface area contributed by atoms with Crippen molar-refractivity contribution in [3.63, 3.8) is 0 Å². The predicted molar refractivity (Wildman–Crippen MR) is 126 cm³/mol. The topological polar surface area (TPSA) is 96.4 Å². The van der Waals surface area contributed by atoms with Crippen LogP contribution in [0.4, 0.5) is 9.52 Å². The van der Waals surface area contributed by atoms with E-state index >= 15 is 0 Å². The van der Waals surface area contributed by atoms with Crippen molar-refractivity contribution in [1.29, 1.82) is 0 Å². The number of carbonyl (C=O) groups is 1. The number of halogens is 3. The summed E-state index contributed by atoms with van der Waals surface area (Å²) in [6.07, 6.45) is 2.85. The van der Waals surface area contributed by atoms with Crippen LogP contribution in [0.5, 0.6) is 11.5 Å². The third-order valence-corrected chi connectivity index (χ3v) is 6.22. The molecule has 1 heterocycles. The number of rotatable bonds is 12. The van der Waals surface area contributed by atoms with E-state index in [4.69, 9.17) is 33.0 Å². The third-order valence-electron chi connectivity index (χ3n) is 4.15. The molecule has 0 fully saturated rings. The summed E-state index contributed by atoms with van der Waals surface area (Å²) >= 11 is 14.7. The van der Waals surface area contributed by atoms with Gasteiger partial charge in [0.1, 0.15) is 23.6 Å².